The van der Waals surface area contributed by atoms with Crippen molar-refractivity contribution >= 4 is 0 Å². The van der Waals surface area contributed by atoms with Gasteiger partial charge in [0.25, 0.3) is 0 Å². The molecule has 1 aromatic carbocycles. The highest BCUT2D eigenvalue weighted by Crippen LogP contribution is 2.30. The summed E-state index contributed by atoms with van der Waals surface area (Å²) in [7, 11) is 0. The van der Waals surface area contributed by atoms with Gasteiger partial charge in [-0.3, -0.25) is 0 Å². The average Bonchev–Trinajstić information content (AvgIpc) is 2.61. The average molecular weight is 345 g/mol. The Morgan fingerprint density at radius 1 is 1.00 bits per heavy atom. The number of halogens is 3. The Balaban J connectivity index is 1.73. The number of ether oxygens (including phenoxy) is 1. The lowest BCUT2D eigenvalue weighted by atomic mass is 10.0. The molecule has 2 heterocycles. The lowest BCUT2D eigenvalue weighted by Crippen LogP contribution is -2.07. The Bertz CT molecular complexity index is 844. The molecule has 128 valence electrons. The van der Waals surface area contributed by atoms with Crippen molar-refractivity contribution in [1.29, 1.82) is 0 Å². The van der Waals surface area contributed by atoms with E-state index in [9.17, 15) is 13.2 Å². The highest BCUT2D eigenvalue weighted by Gasteiger charge is 2.30. The molecular formula is C19H16F3N2O+. The number of nitrogens with one attached hydrogen (secondary N) is 1. The van der Waals surface area contributed by atoms with Crippen LogP contribution in [0.1, 0.15) is 16.7 Å². The monoisotopic (exact) mass is 345 g/mol. The van der Waals surface area contributed by atoms with E-state index in [1.165, 1.54) is 12.1 Å². The maximum absolute atomic E-state index is 12.6. The third-order valence-electron chi connectivity index (χ3n) is 3.66. The summed E-state index contributed by atoms with van der Waals surface area (Å²) in [6.07, 6.45) is 0.902. The van der Waals surface area contributed by atoms with Crippen LogP contribution in [0, 0.1) is 6.92 Å². The van der Waals surface area contributed by atoms with Crippen LogP contribution in [0.3, 0.4) is 0 Å². The van der Waals surface area contributed by atoms with Crippen molar-refractivity contribution in [2.24, 2.45) is 0 Å². The number of hydrogen-bond donors (Lipinski definition) is 0. The van der Waals surface area contributed by atoms with E-state index in [4.69, 9.17) is 4.74 Å². The first-order chi connectivity index (χ1) is 11.9. The minimum Gasteiger partial charge on any atom is -0.473 e. The van der Waals surface area contributed by atoms with Crippen LogP contribution >= 0.6 is 0 Å². The van der Waals surface area contributed by atoms with E-state index >= 15 is 0 Å². The number of aromatic nitrogens is 2. The number of pyridine rings is 2. The van der Waals surface area contributed by atoms with Crippen molar-refractivity contribution in [3.8, 4) is 17.0 Å². The van der Waals surface area contributed by atoms with Gasteiger partial charge in [-0.1, -0.05) is 18.2 Å². The molecule has 0 saturated heterocycles. The SMILES string of the molecule is Cc1ccc(OCc2c[nH+]cc(-c3ccc(C(F)(F)F)cc3)c2)nc1. The fourth-order valence-corrected chi connectivity index (χ4v) is 2.32. The summed E-state index contributed by atoms with van der Waals surface area (Å²) in [6, 6.07) is 10.6. The van der Waals surface area contributed by atoms with Gasteiger partial charge in [-0.05, 0) is 36.2 Å². The van der Waals surface area contributed by atoms with Crippen molar-refractivity contribution in [3.63, 3.8) is 0 Å². The Hall–Kier alpha value is -2.89. The molecule has 2 aromatic heterocycles. The first kappa shape index (κ1) is 17.0. The van der Waals surface area contributed by atoms with Gasteiger partial charge in [0.1, 0.15) is 6.61 Å². The number of rotatable bonds is 4. The van der Waals surface area contributed by atoms with Crippen molar-refractivity contribution in [3.05, 3.63) is 77.7 Å². The molecule has 25 heavy (non-hydrogen) atoms. The molecule has 0 atom stereocenters. The zero-order chi connectivity index (χ0) is 17.9. The number of nitrogens with zero attached hydrogens (tertiary/aromatic N) is 1. The lowest BCUT2D eigenvalue weighted by molar-refractivity contribution is -0.378. The van der Waals surface area contributed by atoms with E-state index in [1.807, 2.05) is 19.1 Å². The van der Waals surface area contributed by atoms with Crippen LogP contribution in [0.15, 0.2) is 61.1 Å². The Kier molecular flexibility index (Phi) is 4.70. The van der Waals surface area contributed by atoms with Gasteiger partial charge in [0.15, 0.2) is 12.4 Å². The first-order valence-electron chi connectivity index (χ1n) is 7.65. The van der Waals surface area contributed by atoms with Crippen molar-refractivity contribution in [1.82, 2.24) is 4.98 Å². The summed E-state index contributed by atoms with van der Waals surface area (Å²) in [5.41, 5.74) is 2.72. The predicted octanol–water partition coefficient (Wildman–Crippen LogP) is 4.47. The zero-order valence-electron chi connectivity index (χ0n) is 13.5. The number of aromatic amines is 1. The minimum atomic E-state index is -4.33. The van der Waals surface area contributed by atoms with Gasteiger partial charge in [-0.2, -0.15) is 13.2 Å². The van der Waals surface area contributed by atoms with Crippen LogP contribution in [0.4, 0.5) is 13.2 Å². The molecule has 0 amide bonds. The minimum absolute atomic E-state index is 0.307. The fourth-order valence-electron chi connectivity index (χ4n) is 2.32. The lowest BCUT2D eigenvalue weighted by Gasteiger charge is -2.08. The fraction of sp³-hybridized carbons (Fsp3) is 0.158. The zero-order valence-corrected chi connectivity index (χ0v) is 13.5. The summed E-state index contributed by atoms with van der Waals surface area (Å²) in [5.74, 6) is 0.519. The molecule has 0 radical (unpaired) electrons. The number of hydrogen-bond acceptors (Lipinski definition) is 2. The molecule has 0 aliphatic carbocycles. The van der Waals surface area contributed by atoms with Gasteiger partial charge in [0, 0.05) is 17.8 Å². The van der Waals surface area contributed by atoms with Gasteiger partial charge in [-0.15, -0.1) is 0 Å². The molecule has 0 fully saturated rings. The largest absolute Gasteiger partial charge is 0.473 e. The molecule has 3 nitrogen and oxygen atoms in total. The van der Waals surface area contributed by atoms with Crippen LogP contribution in [-0.4, -0.2) is 4.98 Å². The van der Waals surface area contributed by atoms with Gasteiger partial charge in [-0.25, -0.2) is 9.97 Å². The van der Waals surface area contributed by atoms with E-state index in [1.54, 1.807) is 24.7 Å². The molecule has 0 aliphatic heterocycles. The first-order valence-corrected chi connectivity index (χ1v) is 7.65. The smallest absolute Gasteiger partial charge is 0.416 e. The van der Waals surface area contributed by atoms with Crippen LogP contribution in [0.5, 0.6) is 5.88 Å². The second-order valence-corrected chi connectivity index (χ2v) is 5.67. The molecule has 0 aliphatic rings. The topological polar surface area (TPSA) is 36.3 Å². The molecule has 0 saturated carbocycles. The molecular weight excluding hydrogens is 329 g/mol. The van der Waals surface area contributed by atoms with Crippen LogP contribution < -0.4 is 9.72 Å². The summed E-state index contributed by atoms with van der Waals surface area (Å²) >= 11 is 0. The highest BCUT2D eigenvalue weighted by atomic mass is 19.4. The van der Waals surface area contributed by atoms with Gasteiger partial charge >= 0.3 is 6.18 Å². The molecule has 0 unspecified atom stereocenters. The standard InChI is InChI=1S/C19H15F3N2O/c1-13-2-7-18(24-9-13)25-12-14-8-16(11-23-10-14)15-3-5-17(6-4-15)19(20,21)22/h2-11H,12H2,1H3/p+1. The molecule has 1 N–H and O–H groups in total. The van der Waals surface area contributed by atoms with Crippen LogP contribution in [0.25, 0.3) is 11.1 Å². The molecule has 6 heteroatoms. The predicted molar refractivity (Wildman–Crippen MR) is 86.7 cm³/mol. The summed E-state index contributed by atoms with van der Waals surface area (Å²) < 4.78 is 43.6. The maximum atomic E-state index is 12.6. The number of H-pyrrole nitrogens is 1. The molecule has 3 aromatic rings. The Morgan fingerprint density at radius 2 is 1.76 bits per heavy atom. The number of alkyl halides is 3. The number of benzene rings is 1. The quantitative estimate of drug-likeness (QED) is 0.699. The van der Waals surface area contributed by atoms with E-state index in [0.29, 0.717) is 18.1 Å². The Morgan fingerprint density at radius 3 is 2.40 bits per heavy atom. The maximum Gasteiger partial charge on any atom is 0.416 e. The highest BCUT2D eigenvalue weighted by molar-refractivity contribution is 5.62. The second-order valence-electron chi connectivity index (χ2n) is 5.67. The van der Waals surface area contributed by atoms with Crippen LogP contribution in [0.2, 0.25) is 0 Å². The summed E-state index contributed by atoms with van der Waals surface area (Å²) in [4.78, 5) is 7.16. The third-order valence-corrected chi connectivity index (χ3v) is 3.66. The van der Waals surface area contributed by atoms with E-state index in [-0.39, 0.29) is 0 Å². The second kappa shape index (κ2) is 6.93. The van der Waals surface area contributed by atoms with Crippen molar-refractivity contribution < 1.29 is 22.9 Å². The van der Waals surface area contributed by atoms with Crippen molar-refractivity contribution in [2.75, 3.05) is 0 Å². The molecule has 0 spiro atoms. The van der Waals surface area contributed by atoms with E-state index < -0.39 is 11.7 Å². The van der Waals surface area contributed by atoms with Crippen LogP contribution in [-0.2, 0) is 12.8 Å². The summed E-state index contributed by atoms with van der Waals surface area (Å²) in [6.45, 7) is 2.25. The molecule has 3 rings (SSSR count). The van der Waals surface area contributed by atoms with E-state index in [0.717, 1.165) is 28.8 Å². The third kappa shape index (κ3) is 4.35. The van der Waals surface area contributed by atoms with Gasteiger partial charge in [0.05, 0.1) is 11.1 Å². The normalized spacial score (nSPS) is 11.4. The molecule has 0 bridgehead atoms. The van der Waals surface area contributed by atoms with Gasteiger partial charge in [0.2, 0.25) is 5.88 Å². The summed E-state index contributed by atoms with van der Waals surface area (Å²) in [5, 5.41) is 0. The van der Waals surface area contributed by atoms with Crippen molar-refractivity contribution in [2.45, 2.75) is 19.7 Å². The van der Waals surface area contributed by atoms with E-state index in [2.05, 4.69) is 9.97 Å². The van der Waals surface area contributed by atoms with Gasteiger partial charge < -0.3 is 4.74 Å². The number of aryl methyl sites for hydroxylation is 1. The Labute approximate surface area is 143 Å².